The van der Waals surface area contributed by atoms with Crippen LogP contribution in [0, 0.1) is 0 Å². The average Bonchev–Trinajstić information content (AvgIpc) is 2.77. The summed E-state index contributed by atoms with van der Waals surface area (Å²) in [5, 5.41) is 2.94. The van der Waals surface area contributed by atoms with Gasteiger partial charge in [-0.2, -0.15) is 0 Å². The highest BCUT2D eigenvalue weighted by atomic mass is 16.5. The van der Waals surface area contributed by atoms with Crippen molar-refractivity contribution in [3.63, 3.8) is 0 Å². The van der Waals surface area contributed by atoms with Crippen molar-refractivity contribution < 1.29 is 9.53 Å². The predicted octanol–water partition coefficient (Wildman–Crippen LogP) is 5.55. The highest BCUT2D eigenvalue weighted by molar-refractivity contribution is 5.92. The fraction of sp³-hybridized carbons (Fsp3) is 0.154. The summed E-state index contributed by atoms with van der Waals surface area (Å²) in [7, 11) is 0. The van der Waals surface area contributed by atoms with Crippen molar-refractivity contribution in [1.29, 1.82) is 0 Å². The Bertz CT molecular complexity index is 1010. The quantitative estimate of drug-likeness (QED) is 0.480. The van der Waals surface area contributed by atoms with Crippen molar-refractivity contribution in [2.24, 2.45) is 4.99 Å². The number of hydrogen-bond donors (Lipinski definition) is 1. The van der Waals surface area contributed by atoms with Crippen LogP contribution in [0.4, 0.5) is 5.69 Å². The maximum absolute atomic E-state index is 12.2. The van der Waals surface area contributed by atoms with Crippen LogP contribution >= 0.6 is 0 Å². The van der Waals surface area contributed by atoms with Crippen molar-refractivity contribution in [3.8, 4) is 5.75 Å². The van der Waals surface area contributed by atoms with E-state index in [0.717, 1.165) is 40.2 Å². The third-order valence-corrected chi connectivity index (χ3v) is 4.70. The summed E-state index contributed by atoms with van der Waals surface area (Å²) in [5.41, 5.74) is 4.67. The monoisotopic (exact) mass is 398 g/mol. The second-order valence-electron chi connectivity index (χ2n) is 6.83. The van der Waals surface area contributed by atoms with Crippen molar-refractivity contribution in [1.82, 2.24) is 0 Å². The Kier molecular flexibility index (Phi) is 7.56. The number of nitrogens with one attached hydrogen (secondary N) is 1. The van der Waals surface area contributed by atoms with E-state index in [1.165, 1.54) is 0 Å². The first kappa shape index (κ1) is 21.1. The van der Waals surface area contributed by atoms with Crippen molar-refractivity contribution in [3.05, 3.63) is 102 Å². The average molecular weight is 399 g/mol. The topological polar surface area (TPSA) is 50.7 Å². The first-order valence-corrected chi connectivity index (χ1v) is 9.97. The molecule has 0 saturated heterocycles. The largest absolute Gasteiger partial charge is 0.493 e. The van der Waals surface area contributed by atoms with E-state index in [4.69, 9.17) is 4.74 Å². The van der Waals surface area contributed by atoms with Crippen LogP contribution in [0.3, 0.4) is 0 Å². The predicted molar refractivity (Wildman–Crippen MR) is 124 cm³/mol. The molecule has 0 unspecified atom stereocenters. The standard InChI is InChI=1S/C26H26N2O2/c1-3-24(27-2)23-11-7-8-12-25(23)30-18-17-20-13-15-22(16-14-20)28-26(29)19-21-9-5-4-6-10-21/h3-16H,2,17-19H2,1H3,(H,28,29). The lowest BCUT2D eigenvalue weighted by Gasteiger charge is -2.12. The maximum atomic E-state index is 12.2. The number of anilines is 1. The Balaban J connectivity index is 1.52. The Morgan fingerprint density at radius 1 is 0.967 bits per heavy atom. The number of amides is 1. The smallest absolute Gasteiger partial charge is 0.228 e. The number of allylic oxidation sites excluding steroid dienone is 1. The van der Waals surface area contributed by atoms with E-state index >= 15 is 0 Å². The number of carbonyl (C=O) groups is 1. The Morgan fingerprint density at radius 2 is 1.67 bits per heavy atom. The second-order valence-corrected chi connectivity index (χ2v) is 6.83. The van der Waals surface area contributed by atoms with Gasteiger partial charge in [0.15, 0.2) is 0 Å². The van der Waals surface area contributed by atoms with Crippen LogP contribution < -0.4 is 10.1 Å². The Morgan fingerprint density at radius 3 is 2.37 bits per heavy atom. The van der Waals surface area contributed by atoms with Gasteiger partial charge >= 0.3 is 0 Å². The van der Waals surface area contributed by atoms with Crippen LogP contribution in [0.2, 0.25) is 0 Å². The summed E-state index contributed by atoms with van der Waals surface area (Å²) in [5.74, 6) is 0.771. The van der Waals surface area contributed by atoms with Gasteiger partial charge < -0.3 is 10.1 Å². The number of aliphatic imine (C=N–C) groups is 1. The normalized spacial score (nSPS) is 11.0. The molecule has 1 amide bonds. The lowest BCUT2D eigenvalue weighted by molar-refractivity contribution is -0.115. The zero-order valence-electron chi connectivity index (χ0n) is 17.2. The van der Waals surface area contributed by atoms with Crippen LogP contribution in [0.15, 0.2) is 89.9 Å². The minimum atomic E-state index is -0.0236. The van der Waals surface area contributed by atoms with Gasteiger partial charge in [0.1, 0.15) is 5.75 Å². The van der Waals surface area contributed by atoms with Crippen LogP contribution in [0.1, 0.15) is 23.6 Å². The molecule has 0 heterocycles. The van der Waals surface area contributed by atoms with Crippen molar-refractivity contribution in [2.75, 3.05) is 11.9 Å². The molecule has 3 aromatic rings. The molecule has 0 fully saturated rings. The molecule has 0 atom stereocenters. The van der Waals surface area contributed by atoms with E-state index < -0.39 is 0 Å². The number of para-hydroxylation sites is 1. The van der Waals surface area contributed by atoms with Gasteiger partial charge in [0, 0.05) is 17.7 Å². The molecule has 0 saturated carbocycles. The SMILES string of the molecule is C=NC(=CC)c1ccccc1OCCc1ccc(NC(=O)Cc2ccccc2)cc1. The molecule has 1 N–H and O–H groups in total. The molecule has 152 valence electrons. The third-order valence-electron chi connectivity index (χ3n) is 4.70. The van der Waals surface area contributed by atoms with E-state index in [1.54, 1.807) is 0 Å². The van der Waals surface area contributed by atoms with Gasteiger partial charge in [0.25, 0.3) is 0 Å². The molecule has 3 aromatic carbocycles. The van der Waals surface area contributed by atoms with Crippen LogP contribution in [0.25, 0.3) is 5.70 Å². The van der Waals surface area contributed by atoms with Gasteiger partial charge in [0.05, 0.1) is 18.7 Å². The fourth-order valence-corrected chi connectivity index (χ4v) is 3.16. The highest BCUT2D eigenvalue weighted by Gasteiger charge is 2.07. The number of benzene rings is 3. The van der Waals surface area contributed by atoms with E-state index in [9.17, 15) is 4.79 Å². The molecule has 30 heavy (non-hydrogen) atoms. The molecule has 0 aromatic heterocycles. The summed E-state index contributed by atoms with van der Waals surface area (Å²) in [4.78, 5) is 16.2. The zero-order valence-corrected chi connectivity index (χ0v) is 17.2. The number of hydrogen-bond acceptors (Lipinski definition) is 3. The summed E-state index contributed by atoms with van der Waals surface area (Å²) >= 11 is 0. The van der Waals surface area contributed by atoms with E-state index in [-0.39, 0.29) is 5.91 Å². The van der Waals surface area contributed by atoms with Crippen molar-refractivity contribution in [2.45, 2.75) is 19.8 Å². The molecular weight excluding hydrogens is 372 g/mol. The van der Waals surface area contributed by atoms with Crippen LogP contribution in [-0.2, 0) is 17.6 Å². The Hall–Kier alpha value is -3.66. The summed E-state index contributed by atoms with van der Waals surface area (Å²) in [6.07, 6.45) is 3.04. The van der Waals surface area contributed by atoms with E-state index in [2.05, 4.69) is 17.0 Å². The molecule has 4 heteroatoms. The van der Waals surface area contributed by atoms with E-state index in [0.29, 0.717) is 13.0 Å². The molecule has 3 rings (SSSR count). The third kappa shape index (κ3) is 5.92. The van der Waals surface area contributed by atoms with Gasteiger partial charge in [-0.3, -0.25) is 9.79 Å². The first-order valence-electron chi connectivity index (χ1n) is 9.97. The van der Waals surface area contributed by atoms with Crippen molar-refractivity contribution >= 4 is 24.0 Å². The lowest BCUT2D eigenvalue weighted by Crippen LogP contribution is -2.14. The zero-order chi connectivity index (χ0) is 21.2. The molecule has 0 bridgehead atoms. The number of nitrogens with zero attached hydrogens (tertiary/aromatic N) is 1. The molecule has 0 aliphatic carbocycles. The fourth-order valence-electron chi connectivity index (χ4n) is 3.16. The first-order chi connectivity index (χ1) is 14.7. The molecule has 0 aliphatic heterocycles. The molecular formula is C26H26N2O2. The Labute approximate surface area is 177 Å². The number of rotatable bonds is 9. The molecule has 0 radical (unpaired) electrons. The van der Waals surface area contributed by atoms with E-state index in [1.807, 2.05) is 91.9 Å². The molecule has 0 spiro atoms. The summed E-state index contributed by atoms with van der Waals surface area (Å²) in [6, 6.07) is 25.4. The summed E-state index contributed by atoms with van der Waals surface area (Å²) in [6.45, 7) is 6.10. The van der Waals surface area contributed by atoms with Crippen LogP contribution in [0.5, 0.6) is 5.75 Å². The maximum Gasteiger partial charge on any atom is 0.228 e. The number of carbonyl (C=O) groups excluding carboxylic acids is 1. The van der Waals surface area contributed by atoms with Gasteiger partial charge in [0.2, 0.25) is 5.91 Å². The second kappa shape index (κ2) is 10.8. The number of ether oxygens (including phenoxy) is 1. The highest BCUT2D eigenvalue weighted by Crippen LogP contribution is 2.26. The summed E-state index contributed by atoms with van der Waals surface area (Å²) < 4.78 is 5.99. The minimum Gasteiger partial charge on any atom is -0.493 e. The van der Waals surface area contributed by atoms with Gasteiger partial charge in [-0.1, -0.05) is 60.7 Å². The van der Waals surface area contributed by atoms with Gasteiger partial charge in [-0.15, -0.1) is 0 Å². The van der Waals surface area contributed by atoms with Gasteiger partial charge in [-0.25, -0.2) is 0 Å². The molecule has 4 nitrogen and oxygen atoms in total. The minimum absolute atomic E-state index is 0.0236. The lowest BCUT2D eigenvalue weighted by atomic mass is 10.1. The molecule has 0 aliphatic rings. The van der Waals surface area contributed by atoms with Gasteiger partial charge in [-0.05, 0) is 49.0 Å². The van der Waals surface area contributed by atoms with Crippen LogP contribution in [-0.4, -0.2) is 19.2 Å².